The highest BCUT2D eigenvalue weighted by Crippen LogP contribution is 2.22. The summed E-state index contributed by atoms with van der Waals surface area (Å²) in [4.78, 5) is 18.8. The molecule has 2 aromatic heterocycles. The van der Waals surface area contributed by atoms with Crippen molar-refractivity contribution in [3.05, 3.63) is 17.5 Å². The molecule has 0 bridgehead atoms. The van der Waals surface area contributed by atoms with Gasteiger partial charge in [0.15, 0.2) is 15.0 Å². The molecule has 142 valence electrons. The Labute approximate surface area is 157 Å². The summed E-state index contributed by atoms with van der Waals surface area (Å²) in [5, 5.41) is 8.83. The fourth-order valence-electron chi connectivity index (χ4n) is 3.28. The number of thioether (sulfide) groups is 1. The number of sulfone groups is 1. The average Bonchev–Trinajstić information content (AvgIpc) is 3.13. The van der Waals surface area contributed by atoms with Gasteiger partial charge in [0.2, 0.25) is 5.91 Å². The van der Waals surface area contributed by atoms with E-state index in [1.54, 1.807) is 4.90 Å². The molecule has 0 radical (unpaired) electrons. The lowest BCUT2D eigenvalue weighted by Gasteiger charge is -2.27. The molecule has 1 saturated heterocycles. The number of nitrogens with zero attached hydrogens (tertiary/aromatic N) is 5. The topological polar surface area (TPSA) is 97.5 Å². The zero-order valence-electron chi connectivity index (χ0n) is 15.2. The van der Waals surface area contributed by atoms with E-state index in [4.69, 9.17) is 0 Å². The zero-order valence-corrected chi connectivity index (χ0v) is 16.8. The largest absolute Gasteiger partial charge is 0.338 e. The molecule has 0 aliphatic carbocycles. The molecule has 1 atom stereocenters. The maximum absolute atomic E-state index is 12.7. The molecule has 1 aliphatic heterocycles. The van der Waals surface area contributed by atoms with E-state index in [1.165, 1.54) is 11.8 Å². The Morgan fingerprint density at radius 1 is 1.38 bits per heavy atom. The van der Waals surface area contributed by atoms with Gasteiger partial charge in [0.1, 0.15) is 0 Å². The van der Waals surface area contributed by atoms with Gasteiger partial charge in [-0.3, -0.25) is 9.20 Å². The van der Waals surface area contributed by atoms with Crippen molar-refractivity contribution in [2.75, 3.05) is 23.8 Å². The van der Waals surface area contributed by atoms with Crippen LogP contribution in [0.25, 0.3) is 5.78 Å². The van der Waals surface area contributed by atoms with Crippen molar-refractivity contribution in [1.82, 2.24) is 24.5 Å². The Bertz CT molecular complexity index is 925. The lowest BCUT2D eigenvalue weighted by atomic mass is 10.2. The van der Waals surface area contributed by atoms with Gasteiger partial charge >= 0.3 is 0 Å². The van der Waals surface area contributed by atoms with Crippen molar-refractivity contribution in [2.24, 2.45) is 0 Å². The predicted molar refractivity (Wildman–Crippen MR) is 100 cm³/mol. The molecule has 26 heavy (non-hydrogen) atoms. The van der Waals surface area contributed by atoms with E-state index < -0.39 is 9.84 Å². The summed E-state index contributed by atoms with van der Waals surface area (Å²) in [7, 11) is -3.02. The number of rotatable bonds is 6. The number of carbonyl (C=O) groups is 1. The van der Waals surface area contributed by atoms with E-state index in [-0.39, 0.29) is 29.2 Å². The highest BCUT2D eigenvalue weighted by Gasteiger charge is 2.34. The zero-order chi connectivity index (χ0) is 18.9. The highest BCUT2D eigenvalue weighted by atomic mass is 32.2. The highest BCUT2D eigenvalue weighted by molar-refractivity contribution is 7.99. The molecule has 8 nitrogen and oxygen atoms in total. The SMILES string of the molecule is CCCN(C(=O)CSc1nnc2nc(C)cc(C)n12)[C@H]1CCS(=O)(=O)C1. The molecule has 0 spiro atoms. The number of hydrogen-bond donors (Lipinski definition) is 0. The fraction of sp³-hybridized carbons (Fsp3) is 0.625. The third-order valence-electron chi connectivity index (χ3n) is 4.42. The first-order valence-electron chi connectivity index (χ1n) is 8.63. The molecular weight excluding hydrogens is 374 g/mol. The van der Waals surface area contributed by atoms with Crippen LogP contribution in [-0.2, 0) is 14.6 Å². The van der Waals surface area contributed by atoms with Crippen LogP contribution in [0.4, 0.5) is 0 Å². The van der Waals surface area contributed by atoms with Gasteiger partial charge in [-0.05, 0) is 32.8 Å². The van der Waals surface area contributed by atoms with Gasteiger partial charge in [-0.2, -0.15) is 0 Å². The number of hydrogen-bond acceptors (Lipinski definition) is 7. The molecule has 0 aromatic carbocycles. The van der Waals surface area contributed by atoms with Crippen molar-refractivity contribution in [2.45, 2.75) is 44.8 Å². The third kappa shape index (κ3) is 4.01. The molecule has 2 aromatic rings. The molecule has 3 rings (SSSR count). The molecular formula is C16H23N5O3S2. The van der Waals surface area contributed by atoms with E-state index >= 15 is 0 Å². The number of aromatic nitrogens is 4. The number of carbonyl (C=O) groups excluding carboxylic acids is 1. The van der Waals surface area contributed by atoms with Crippen LogP contribution in [0.1, 0.15) is 31.2 Å². The minimum absolute atomic E-state index is 0.0616. The van der Waals surface area contributed by atoms with Gasteiger partial charge in [-0.1, -0.05) is 18.7 Å². The Balaban J connectivity index is 1.73. The summed E-state index contributed by atoms with van der Waals surface area (Å²) in [6, 6.07) is 1.73. The second kappa shape index (κ2) is 7.51. The predicted octanol–water partition coefficient (Wildman–Crippen LogP) is 1.26. The minimum atomic E-state index is -3.02. The van der Waals surface area contributed by atoms with Gasteiger partial charge in [0.25, 0.3) is 5.78 Å². The van der Waals surface area contributed by atoms with Crippen LogP contribution in [0.2, 0.25) is 0 Å². The van der Waals surface area contributed by atoms with Gasteiger partial charge in [-0.15, -0.1) is 10.2 Å². The van der Waals surface area contributed by atoms with Crippen molar-refractivity contribution in [1.29, 1.82) is 0 Å². The van der Waals surface area contributed by atoms with Crippen LogP contribution in [0, 0.1) is 13.8 Å². The van der Waals surface area contributed by atoms with Gasteiger partial charge in [0, 0.05) is 24.0 Å². The molecule has 0 unspecified atom stereocenters. The smallest absolute Gasteiger partial charge is 0.256 e. The molecule has 3 heterocycles. The maximum atomic E-state index is 12.7. The first kappa shape index (κ1) is 19.1. The van der Waals surface area contributed by atoms with E-state index in [0.717, 1.165) is 17.8 Å². The molecule has 1 fully saturated rings. The lowest BCUT2D eigenvalue weighted by Crippen LogP contribution is -2.42. The second-order valence-corrected chi connectivity index (χ2v) is 9.76. The van der Waals surface area contributed by atoms with Crippen molar-refractivity contribution in [3.63, 3.8) is 0 Å². The van der Waals surface area contributed by atoms with Gasteiger partial charge < -0.3 is 4.90 Å². The Morgan fingerprint density at radius 2 is 2.15 bits per heavy atom. The minimum Gasteiger partial charge on any atom is -0.338 e. The van der Waals surface area contributed by atoms with Crippen molar-refractivity contribution < 1.29 is 13.2 Å². The van der Waals surface area contributed by atoms with Crippen LogP contribution >= 0.6 is 11.8 Å². The quantitative estimate of drug-likeness (QED) is 0.677. The summed E-state index contributed by atoms with van der Waals surface area (Å²) >= 11 is 1.31. The summed E-state index contributed by atoms with van der Waals surface area (Å²) in [6.07, 6.45) is 1.32. The van der Waals surface area contributed by atoms with E-state index in [2.05, 4.69) is 15.2 Å². The van der Waals surface area contributed by atoms with Crippen LogP contribution in [0.15, 0.2) is 11.2 Å². The van der Waals surface area contributed by atoms with E-state index in [1.807, 2.05) is 31.2 Å². The number of amides is 1. The van der Waals surface area contributed by atoms with Gasteiger partial charge in [0.05, 0.1) is 17.3 Å². The monoisotopic (exact) mass is 397 g/mol. The Morgan fingerprint density at radius 3 is 2.81 bits per heavy atom. The standard InChI is InChI=1S/C16H23N5O3S2/c1-4-6-20(13-5-7-26(23,24)10-13)14(22)9-25-16-19-18-15-17-11(2)8-12(3)21(15)16/h8,13H,4-7,9-10H2,1-3H3/t13-/m0/s1. The van der Waals surface area contributed by atoms with Crippen molar-refractivity contribution >= 4 is 33.3 Å². The van der Waals surface area contributed by atoms with Crippen molar-refractivity contribution in [3.8, 4) is 0 Å². The average molecular weight is 398 g/mol. The normalized spacial score (nSPS) is 19.1. The van der Waals surface area contributed by atoms with Gasteiger partial charge in [-0.25, -0.2) is 13.4 Å². The number of fused-ring (bicyclic) bond motifs is 1. The Kier molecular flexibility index (Phi) is 5.52. The summed E-state index contributed by atoms with van der Waals surface area (Å²) in [5.74, 6) is 0.889. The van der Waals surface area contributed by atoms with Crippen LogP contribution in [0.5, 0.6) is 0 Å². The molecule has 0 saturated carbocycles. The van der Waals surface area contributed by atoms with E-state index in [0.29, 0.717) is 23.9 Å². The van der Waals surface area contributed by atoms with Crippen LogP contribution < -0.4 is 0 Å². The molecule has 0 N–H and O–H groups in total. The molecule has 10 heteroatoms. The first-order valence-corrected chi connectivity index (χ1v) is 11.4. The summed E-state index contributed by atoms with van der Waals surface area (Å²) < 4.78 is 25.3. The molecule has 1 aliphatic rings. The first-order chi connectivity index (χ1) is 12.3. The lowest BCUT2D eigenvalue weighted by molar-refractivity contribution is -0.130. The fourth-order valence-corrected chi connectivity index (χ4v) is 5.88. The van der Waals surface area contributed by atoms with Crippen LogP contribution in [-0.4, -0.2) is 68.7 Å². The molecule has 1 amide bonds. The Hall–Kier alpha value is -1.68. The summed E-state index contributed by atoms with van der Waals surface area (Å²) in [6.45, 7) is 6.40. The van der Waals surface area contributed by atoms with Crippen LogP contribution in [0.3, 0.4) is 0 Å². The second-order valence-electron chi connectivity index (χ2n) is 6.59. The maximum Gasteiger partial charge on any atom is 0.256 e. The van der Waals surface area contributed by atoms with E-state index in [9.17, 15) is 13.2 Å². The third-order valence-corrected chi connectivity index (χ3v) is 7.09. The summed E-state index contributed by atoms with van der Waals surface area (Å²) in [5.41, 5.74) is 1.83. The number of aryl methyl sites for hydroxylation is 2.